The van der Waals surface area contributed by atoms with Crippen LogP contribution in [0, 0.1) is 0 Å². The molecule has 1 atom stereocenters. The minimum atomic E-state index is -0.240. The maximum absolute atomic E-state index is 12.1. The lowest BCUT2D eigenvalue weighted by Gasteiger charge is -2.33. The average Bonchev–Trinajstić information content (AvgIpc) is 2.36. The lowest BCUT2D eigenvalue weighted by Crippen LogP contribution is -2.54. The summed E-state index contributed by atoms with van der Waals surface area (Å²) in [5.41, 5.74) is 1.08. The molecule has 0 bridgehead atoms. The highest BCUT2D eigenvalue weighted by Crippen LogP contribution is 2.09. The molecular formula is C12H17N3O2. The second-order valence-electron chi connectivity index (χ2n) is 4.13. The van der Waals surface area contributed by atoms with Crippen LogP contribution in [0.5, 0.6) is 0 Å². The van der Waals surface area contributed by atoms with Crippen LogP contribution in [-0.2, 0) is 11.3 Å². The molecule has 0 spiro atoms. The number of hydrogen-bond acceptors (Lipinski definition) is 4. The van der Waals surface area contributed by atoms with E-state index in [4.69, 9.17) is 5.11 Å². The molecule has 1 aromatic rings. The van der Waals surface area contributed by atoms with Crippen molar-refractivity contribution in [2.24, 2.45) is 0 Å². The molecule has 2 heterocycles. The van der Waals surface area contributed by atoms with Gasteiger partial charge in [-0.1, -0.05) is 0 Å². The predicted molar refractivity (Wildman–Crippen MR) is 63.1 cm³/mol. The molecule has 1 fully saturated rings. The first-order chi connectivity index (χ1) is 8.31. The summed E-state index contributed by atoms with van der Waals surface area (Å²) in [5, 5.41) is 12.0. The number of nitrogens with zero attached hydrogens (tertiary/aromatic N) is 2. The van der Waals surface area contributed by atoms with E-state index in [1.54, 1.807) is 12.4 Å². The topological polar surface area (TPSA) is 65.5 Å². The third-order valence-electron chi connectivity index (χ3n) is 2.92. The van der Waals surface area contributed by atoms with Crippen molar-refractivity contribution in [1.82, 2.24) is 15.2 Å². The Morgan fingerprint density at radius 3 is 2.94 bits per heavy atom. The molecule has 1 amide bonds. The Morgan fingerprint density at radius 1 is 1.47 bits per heavy atom. The van der Waals surface area contributed by atoms with E-state index >= 15 is 0 Å². The van der Waals surface area contributed by atoms with Crippen molar-refractivity contribution in [3.05, 3.63) is 30.1 Å². The van der Waals surface area contributed by atoms with Gasteiger partial charge in [-0.05, 0) is 24.1 Å². The Hall–Kier alpha value is -1.46. The first-order valence-electron chi connectivity index (χ1n) is 5.83. The van der Waals surface area contributed by atoms with Crippen molar-refractivity contribution in [1.29, 1.82) is 0 Å². The molecule has 2 rings (SSSR count). The molecule has 0 aliphatic carbocycles. The summed E-state index contributed by atoms with van der Waals surface area (Å²) < 4.78 is 0. The van der Waals surface area contributed by atoms with Gasteiger partial charge in [0.05, 0.1) is 6.04 Å². The molecule has 1 unspecified atom stereocenters. The largest absolute Gasteiger partial charge is 0.396 e. The van der Waals surface area contributed by atoms with E-state index in [1.807, 2.05) is 17.0 Å². The Labute approximate surface area is 100 Å². The van der Waals surface area contributed by atoms with Crippen molar-refractivity contribution in [3.8, 4) is 0 Å². The van der Waals surface area contributed by atoms with E-state index in [0.29, 0.717) is 19.5 Å². The van der Waals surface area contributed by atoms with Gasteiger partial charge in [-0.2, -0.15) is 0 Å². The second-order valence-corrected chi connectivity index (χ2v) is 4.13. The van der Waals surface area contributed by atoms with Gasteiger partial charge in [-0.25, -0.2) is 0 Å². The molecule has 17 heavy (non-hydrogen) atoms. The summed E-state index contributed by atoms with van der Waals surface area (Å²) in [6.07, 6.45) is 3.94. The van der Waals surface area contributed by atoms with Crippen molar-refractivity contribution in [2.45, 2.75) is 19.0 Å². The van der Waals surface area contributed by atoms with Crippen LogP contribution in [-0.4, -0.2) is 46.6 Å². The summed E-state index contributed by atoms with van der Waals surface area (Å²) in [4.78, 5) is 17.8. The molecule has 1 aliphatic rings. The quantitative estimate of drug-likeness (QED) is 0.756. The molecule has 1 saturated heterocycles. The van der Waals surface area contributed by atoms with Gasteiger partial charge in [0, 0.05) is 38.6 Å². The van der Waals surface area contributed by atoms with Crippen LogP contribution in [0.3, 0.4) is 0 Å². The summed E-state index contributed by atoms with van der Waals surface area (Å²) in [6.45, 7) is 2.14. The van der Waals surface area contributed by atoms with E-state index in [-0.39, 0.29) is 18.6 Å². The van der Waals surface area contributed by atoms with Crippen molar-refractivity contribution in [2.75, 3.05) is 19.7 Å². The Kier molecular flexibility index (Phi) is 4.06. The van der Waals surface area contributed by atoms with E-state index in [1.165, 1.54) is 0 Å². The minimum absolute atomic E-state index is 0.0342. The van der Waals surface area contributed by atoms with Crippen LogP contribution in [0.2, 0.25) is 0 Å². The standard InChI is InChI=1S/C12H17N3O2/c16-8-3-11-12(17)15(7-6-14-11)9-10-1-4-13-5-2-10/h1-2,4-5,11,14,16H,3,6-9H2. The first-order valence-corrected chi connectivity index (χ1v) is 5.83. The summed E-state index contributed by atoms with van der Waals surface area (Å²) in [7, 11) is 0. The normalized spacial score (nSPS) is 20.6. The van der Waals surface area contributed by atoms with Gasteiger partial charge < -0.3 is 15.3 Å². The third kappa shape index (κ3) is 3.01. The van der Waals surface area contributed by atoms with E-state index in [9.17, 15) is 4.79 Å². The van der Waals surface area contributed by atoms with Crippen LogP contribution < -0.4 is 5.32 Å². The zero-order valence-corrected chi connectivity index (χ0v) is 9.67. The second kappa shape index (κ2) is 5.75. The number of piperazine rings is 1. The van der Waals surface area contributed by atoms with Gasteiger partial charge in [-0.15, -0.1) is 0 Å². The Bertz CT molecular complexity index is 367. The first kappa shape index (κ1) is 12.0. The van der Waals surface area contributed by atoms with Gasteiger partial charge in [0.25, 0.3) is 0 Å². The SMILES string of the molecule is O=C1C(CCO)NCCN1Cc1ccncc1. The fourth-order valence-corrected chi connectivity index (χ4v) is 2.01. The van der Waals surface area contributed by atoms with Gasteiger partial charge in [0.1, 0.15) is 0 Å². The Morgan fingerprint density at radius 2 is 2.24 bits per heavy atom. The van der Waals surface area contributed by atoms with Crippen molar-refractivity contribution < 1.29 is 9.90 Å². The number of aliphatic hydroxyl groups excluding tert-OH is 1. The fourth-order valence-electron chi connectivity index (χ4n) is 2.01. The number of hydrogen-bond donors (Lipinski definition) is 2. The lowest BCUT2D eigenvalue weighted by atomic mass is 10.1. The predicted octanol–water partition coefficient (Wildman–Crippen LogP) is -0.236. The number of rotatable bonds is 4. The molecule has 5 nitrogen and oxygen atoms in total. The van der Waals surface area contributed by atoms with Crippen LogP contribution in [0.15, 0.2) is 24.5 Å². The maximum Gasteiger partial charge on any atom is 0.240 e. The Balaban J connectivity index is 1.98. The summed E-state index contributed by atoms with van der Waals surface area (Å²) in [5.74, 6) is 0.0714. The molecule has 92 valence electrons. The van der Waals surface area contributed by atoms with Gasteiger partial charge in [0.2, 0.25) is 5.91 Å². The number of carbonyl (C=O) groups is 1. The maximum atomic E-state index is 12.1. The van der Waals surface area contributed by atoms with Crippen molar-refractivity contribution in [3.63, 3.8) is 0 Å². The average molecular weight is 235 g/mol. The third-order valence-corrected chi connectivity index (χ3v) is 2.92. The number of nitrogens with one attached hydrogen (secondary N) is 1. The smallest absolute Gasteiger partial charge is 0.240 e. The van der Waals surface area contributed by atoms with Gasteiger partial charge in [-0.3, -0.25) is 9.78 Å². The van der Waals surface area contributed by atoms with Gasteiger partial charge in [0.15, 0.2) is 0 Å². The lowest BCUT2D eigenvalue weighted by molar-refractivity contribution is -0.136. The van der Waals surface area contributed by atoms with E-state index in [0.717, 1.165) is 12.1 Å². The minimum Gasteiger partial charge on any atom is -0.396 e. The fraction of sp³-hybridized carbons (Fsp3) is 0.500. The molecular weight excluding hydrogens is 218 g/mol. The van der Waals surface area contributed by atoms with Crippen LogP contribution in [0.1, 0.15) is 12.0 Å². The van der Waals surface area contributed by atoms with E-state index in [2.05, 4.69) is 10.3 Å². The number of aromatic nitrogens is 1. The number of amides is 1. The van der Waals surface area contributed by atoms with E-state index < -0.39 is 0 Å². The van der Waals surface area contributed by atoms with Crippen LogP contribution >= 0.6 is 0 Å². The monoisotopic (exact) mass is 235 g/mol. The molecule has 1 aromatic heterocycles. The number of pyridine rings is 1. The summed E-state index contributed by atoms with van der Waals surface area (Å²) in [6, 6.07) is 3.59. The van der Waals surface area contributed by atoms with Crippen LogP contribution in [0.4, 0.5) is 0 Å². The van der Waals surface area contributed by atoms with Crippen molar-refractivity contribution >= 4 is 5.91 Å². The zero-order valence-electron chi connectivity index (χ0n) is 9.67. The highest BCUT2D eigenvalue weighted by molar-refractivity contribution is 5.82. The molecule has 0 aromatic carbocycles. The molecule has 5 heteroatoms. The zero-order chi connectivity index (χ0) is 12.1. The number of carbonyl (C=O) groups excluding carboxylic acids is 1. The molecule has 1 aliphatic heterocycles. The molecule has 0 radical (unpaired) electrons. The van der Waals surface area contributed by atoms with Gasteiger partial charge >= 0.3 is 0 Å². The molecule has 2 N–H and O–H groups in total. The highest BCUT2D eigenvalue weighted by atomic mass is 16.3. The summed E-state index contributed by atoms with van der Waals surface area (Å²) >= 11 is 0. The molecule has 0 saturated carbocycles. The van der Waals surface area contributed by atoms with Crippen LogP contribution in [0.25, 0.3) is 0 Å². The highest BCUT2D eigenvalue weighted by Gasteiger charge is 2.27. The number of aliphatic hydroxyl groups is 1.